The Bertz CT molecular complexity index is 479. The van der Waals surface area contributed by atoms with E-state index in [1.807, 2.05) is 12.1 Å². The number of nitrogens with one attached hydrogen (secondary N) is 1. The van der Waals surface area contributed by atoms with Gasteiger partial charge in [0.1, 0.15) is 0 Å². The van der Waals surface area contributed by atoms with Crippen LogP contribution in [0.15, 0.2) is 24.3 Å². The molecule has 1 aromatic carbocycles. The zero-order valence-corrected chi connectivity index (χ0v) is 10.9. The van der Waals surface area contributed by atoms with Crippen molar-refractivity contribution in [3.8, 4) is 0 Å². The number of rotatable bonds is 5. The maximum Gasteiger partial charge on any atom is 0.213 e. The minimum absolute atomic E-state index is 0.121. The molecule has 0 aliphatic carbocycles. The lowest BCUT2D eigenvalue weighted by Crippen LogP contribution is -2.15. The first-order chi connectivity index (χ1) is 8.53. The summed E-state index contributed by atoms with van der Waals surface area (Å²) in [6.07, 6.45) is 1.09. The Morgan fingerprint density at radius 1 is 1.33 bits per heavy atom. The van der Waals surface area contributed by atoms with Crippen molar-refractivity contribution in [2.24, 2.45) is 11.1 Å². The minimum Gasteiger partial charge on any atom is -0.385 e. The summed E-state index contributed by atoms with van der Waals surface area (Å²) in [5, 5.41) is 8.31. The summed E-state index contributed by atoms with van der Waals surface area (Å²) in [7, 11) is -3.45. The number of anilines is 1. The van der Waals surface area contributed by atoms with Crippen LogP contribution in [0, 0.1) is 5.92 Å². The molecule has 1 aliphatic heterocycles. The van der Waals surface area contributed by atoms with Gasteiger partial charge in [-0.2, -0.15) is 0 Å². The lowest BCUT2D eigenvalue weighted by molar-refractivity contribution is 0.187. The van der Waals surface area contributed by atoms with Gasteiger partial charge < -0.3 is 10.1 Å². The third-order valence-corrected chi connectivity index (χ3v) is 3.68. The van der Waals surface area contributed by atoms with Crippen molar-refractivity contribution in [2.45, 2.75) is 12.2 Å². The van der Waals surface area contributed by atoms with Crippen molar-refractivity contribution in [2.75, 3.05) is 25.1 Å². The Balaban J connectivity index is 1.87. The van der Waals surface area contributed by atoms with Gasteiger partial charge >= 0.3 is 0 Å². The third kappa shape index (κ3) is 4.29. The molecule has 3 N–H and O–H groups in total. The summed E-state index contributed by atoms with van der Waals surface area (Å²) in [6, 6.07) is 7.29. The first-order valence-electron chi connectivity index (χ1n) is 5.94. The lowest BCUT2D eigenvalue weighted by atomic mass is 10.1. The van der Waals surface area contributed by atoms with E-state index < -0.39 is 10.0 Å². The number of benzene rings is 1. The monoisotopic (exact) mass is 270 g/mol. The molecule has 2 rings (SSSR count). The van der Waals surface area contributed by atoms with Gasteiger partial charge in [0.25, 0.3) is 0 Å². The molecule has 1 saturated heterocycles. The van der Waals surface area contributed by atoms with E-state index in [-0.39, 0.29) is 5.75 Å². The summed E-state index contributed by atoms with van der Waals surface area (Å²) in [6.45, 7) is 2.55. The van der Waals surface area contributed by atoms with Crippen molar-refractivity contribution < 1.29 is 13.2 Å². The SMILES string of the molecule is NS(=O)(=O)Cc1ccc(NCC2CCOC2)cc1. The number of sulfonamides is 1. The Morgan fingerprint density at radius 3 is 2.61 bits per heavy atom. The maximum absolute atomic E-state index is 10.9. The van der Waals surface area contributed by atoms with E-state index >= 15 is 0 Å². The molecule has 100 valence electrons. The molecule has 1 aromatic rings. The molecular weight excluding hydrogens is 252 g/mol. The fraction of sp³-hybridized carbons (Fsp3) is 0.500. The molecule has 18 heavy (non-hydrogen) atoms. The van der Waals surface area contributed by atoms with Crippen LogP contribution in [-0.2, 0) is 20.5 Å². The molecule has 1 unspecified atom stereocenters. The molecule has 1 aliphatic rings. The highest BCUT2D eigenvalue weighted by Crippen LogP contribution is 2.15. The van der Waals surface area contributed by atoms with Crippen LogP contribution < -0.4 is 10.5 Å². The van der Waals surface area contributed by atoms with Crippen LogP contribution in [0.5, 0.6) is 0 Å². The van der Waals surface area contributed by atoms with E-state index in [2.05, 4.69) is 5.32 Å². The molecule has 0 bridgehead atoms. The van der Waals surface area contributed by atoms with Crippen LogP contribution in [0.25, 0.3) is 0 Å². The molecule has 1 fully saturated rings. The fourth-order valence-corrected chi connectivity index (χ4v) is 2.61. The second kappa shape index (κ2) is 5.69. The minimum atomic E-state index is -3.45. The summed E-state index contributed by atoms with van der Waals surface area (Å²) in [5.74, 6) is 0.443. The third-order valence-electron chi connectivity index (χ3n) is 2.94. The van der Waals surface area contributed by atoms with Gasteiger partial charge in [0.2, 0.25) is 10.0 Å². The fourth-order valence-electron chi connectivity index (χ4n) is 1.96. The number of hydrogen-bond acceptors (Lipinski definition) is 4. The second-order valence-corrected chi connectivity index (χ2v) is 6.23. The van der Waals surface area contributed by atoms with Gasteiger partial charge in [-0.05, 0) is 24.1 Å². The van der Waals surface area contributed by atoms with Gasteiger partial charge in [0.05, 0.1) is 12.4 Å². The summed E-state index contributed by atoms with van der Waals surface area (Å²) < 4.78 is 27.2. The van der Waals surface area contributed by atoms with Crippen molar-refractivity contribution >= 4 is 15.7 Å². The van der Waals surface area contributed by atoms with Crippen LogP contribution in [0.1, 0.15) is 12.0 Å². The van der Waals surface area contributed by atoms with Gasteiger partial charge in [-0.15, -0.1) is 0 Å². The average molecular weight is 270 g/mol. The molecular formula is C12H18N2O3S. The van der Waals surface area contributed by atoms with Gasteiger partial charge in [0, 0.05) is 24.8 Å². The van der Waals surface area contributed by atoms with E-state index in [0.29, 0.717) is 11.5 Å². The second-order valence-electron chi connectivity index (χ2n) is 4.61. The Hall–Kier alpha value is -1.11. The quantitative estimate of drug-likeness (QED) is 0.833. The van der Waals surface area contributed by atoms with E-state index in [0.717, 1.165) is 31.9 Å². The highest BCUT2D eigenvalue weighted by Gasteiger charge is 2.14. The predicted molar refractivity (Wildman–Crippen MR) is 70.7 cm³/mol. The number of hydrogen-bond donors (Lipinski definition) is 2. The van der Waals surface area contributed by atoms with Crippen LogP contribution in [0.3, 0.4) is 0 Å². The van der Waals surface area contributed by atoms with Crippen molar-refractivity contribution in [1.82, 2.24) is 0 Å². The maximum atomic E-state index is 10.9. The largest absolute Gasteiger partial charge is 0.385 e. The van der Waals surface area contributed by atoms with Gasteiger partial charge in [-0.3, -0.25) is 0 Å². The Morgan fingerprint density at radius 2 is 2.06 bits per heavy atom. The highest BCUT2D eigenvalue weighted by molar-refractivity contribution is 7.88. The molecule has 1 atom stereocenters. The summed E-state index contributed by atoms with van der Waals surface area (Å²) >= 11 is 0. The Labute approximate surface area is 107 Å². The molecule has 6 heteroatoms. The van der Waals surface area contributed by atoms with Gasteiger partial charge in [0.15, 0.2) is 0 Å². The zero-order valence-electron chi connectivity index (χ0n) is 10.1. The molecule has 5 nitrogen and oxygen atoms in total. The van der Waals surface area contributed by atoms with Crippen LogP contribution >= 0.6 is 0 Å². The number of primary sulfonamides is 1. The zero-order chi connectivity index (χ0) is 13.0. The molecule has 0 aromatic heterocycles. The Kier molecular flexibility index (Phi) is 4.21. The van der Waals surface area contributed by atoms with E-state index in [1.54, 1.807) is 12.1 Å². The molecule has 1 heterocycles. The van der Waals surface area contributed by atoms with Crippen LogP contribution in [-0.4, -0.2) is 28.2 Å². The van der Waals surface area contributed by atoms with Crippen LogP contribution in [0.4, 0.5) is 5.69 Å². The van der Waals surface area contributed by atoms with Crippen LogP contribution in [0.2, 0.25) is 0 Å². The van der Waals surface area contributed by atoms with Crippen molar-refractivity contribution in [1.29, 1.82) is 0 Å². The van der Waals surface area contributed by atoms with E-state index in [1.165, 1.54) is 0 Å². The standard InChI is InChI=1S/C12H18N2O3S/c13-18(15,16)9-10-1-3-12(4-2-10)14-7-11-5-6-17-8-11/h1-4,11,14H,5-9H2,(H2,13,15,16). The number of ether oxygens (including phenoxy) is 1. The summed E-state index contributed by atoms with van der Waals surface area (Å²) in [4.78, 5) is 0. The van der Waals surface area contributed by atoms with Gasteiger partial charge in [-0.1, -0.05) is 12.1 Å². The smallest absolute Gasteiger partial charge is 0.213 e. The lowest BCUT2D eigenvalue weighted by Gasteiger charge is -2.11. The van der Waals surface area contributed by atoms with E-state index in [4.69, 9.17) is 9.88 Å². The predicted octanol–water partition coefficient (Wildman–Crippen LogP) is 0.923. The highest BCUT2D eigenvalue weighted by atomic mass is 32.2. The molecule has 0 amide bonds. The van der Waals surface area contributed by atoms with Crippen molar-refractivity contribution in [3.63, 3.8) is 0 Å². The normalized spacial score (nSPS) is 19.9. The summed E-state index contributed by atoms with van der Waals surface area (Å²) in [5.41, 5.74) is 1.69. The van der Waals surface area contributed by atoms with Gasteiger partial charge in [-0.25, -0.2) is 13.6 Å². The topological polar surface area (TPSA) is 81.4 Å². The first-order valence-corrected chi connectivity index (χ1v) is 7.65. The van der Waals surface area contributed by atoms with E-state index in [9.17, 15) is 8.42 Å². The average Bonchev–Trinajstić information content (AvgIpc) is 2.79. The van der Waals surface area contributed by atoms with Crippen molar-refractivity contribution in [3.05, 3.63) is 29.8 Å². The number of nitrogens with two attached hydrogens (primary N) is 1. The molecule has 0 spiro atoms. The first kappa shape index (κ1) is 13.3. The molecule has 0 saturated carbocycles. The molecule has 0 radical (unpaired) electrons.